The molecule has 2 aliphatic heterocycles. The fraction of sp³-hybridized carbons (Fsp3) is 0.391. The van der Waals surface area contributed by atoms with Gasteiger partial charge in [0.25, 0.3) is 5.69 Å². The maximum Gasteiger partial charge on any atom is 0.271 e. The predicted octanol–water partition coefficient (Wildman–Crippen LogP) is 2.99. The molecule has 1 fully saturated rings. The Morgan fingerprint density at radius 3 is 2.69 bits per heavy atom. The summed E-state index contributed by atoms with van der Waals surface area (Å²) in [4.78, 5) is 38.5. The predicted molar refractivity (Wildman–Crippen MR) is 120 cm³/mol. The van der Waals surface area contributed by atoms with E-state index in [9.17, 15) is 19.7 Å². The number of nitrogens with zero attached hydrogens (tertiary/aromatic N) is 3. The second-order valence-corrected chi connectivity index (χ2v) is 7.96. The molecule has 9 heteroatoms. The van der Waals surface area contributed by atoms with Gasteiger partial charge >= 0.3 is 0 Å². The number of nitrogens with one attached hydrogen (secondary N) is 1. The fourth-order valence-electron chi connectivity index (χ4n) is 4.04. The smallest absolute Gasteiger partial charge is 0.271 e. The van der Waals surface area contributed by atoms with E-state index < -0.39 is 4.92 Å². The SMILES string of the molecule is O=C1CCc2cc(OCCCC(=O)N3CCN(c4cccc([N+](=O)[O-])c4)CC3)ccc2N1. The van der Waals surface area contributed by atoms with Gasteiger partial charge in [-0.1, -0.05) is 6.07 Å². The number of hydrogen-bond donors (Lipinski definition) is 1. The number of aryl methyl sites for hydroxylation is 1. The number of benzene rings is 2. The van der Waals surface area contributed by atoms with Crippen LogP contribution >= 0.6 is 0 Å². The number of rotatable bonds is 7. The van der Waals surface area contributed by atoms with Gasteiger partial charge in [-0.05, 0) is 42.7 Å². The van der Waals surface area contributed by atoms with E-state index >= 15 is 0 Å². The van der Waals surface area contributed by atoms with Gasteiger partial charge in [0.05, 0.1) is 11.5 Å². The summed E-state index contributed by atoms with van der Waals surface area (Å²) < 4.78 is 5.80. The summed E-state index contributed by atoms with van der Waals surface area (Å²) in [6, 6.07) is 12.2. The summed E-state index contributed by atoms with van der Waals surface area (Å²) in [5.41, 5.74) is 2.79. The largest absolute Gasteiger partial charge is 0.494 e. The van der Waals surface area contributed by atoms with Crippen molar-refractivity contribution in [3.63, 3.8) is 0 Å². The van der Waals surface area contributed by atoms with E-state index in [-0.39, 0.29) is 17.5 Å². The minimum atomic E-state index is -0.395. The molecule has 2 aliphatic rings. The maximum atomic E-state index is 12.5. The summed E-state index contributed by atoms with van der Waals surface area (Å²) in [6.45, 7) is 2.94. The molecular weight excluding hydrogens is 412 g/mol. The van der Waals surface area contributed by atoms with Crippen LogP contribution in [0.3, 0.4) is 0 Å². The van der Waals surface area contributed by atoms with Crippen LogP contribution in [0, 0.1) is 10.1 Å². The van der Waals surface area contributed by atoms with Gasteiger partial charge in [-0.25, -0.2) is 0 Å². The summed E-state index contributed by atoms with van der Waals surface area (Å²) >= 11 is 0. The molecule has 4 rings (SSSR count). The molecule has 2 aromatic rings. The van der Waals surface area contributed by atoms with E-state index in [1.807, 2.05) is 29.2 Å². The van der Waals surface area contributed by atoms with Gasteiger partial charge in [0, 0.05) is 62.5 Å². The van der Waals surface area contributed by atoms with Crippen molar-refractivity contribution in [1.82, 2.24) is 4.90 Å². The number of ether oxygens (including phenoxy) is 1. The second kappa shape index (κ2) is 9.67. The van der Waals surface area contributed by atoms with Crippen LogP contribution in [0.15, 0.2) is 42.5 Å². The number of carbonyl (C=O) groups is 2. The molecule has 9 nitrogen and oxygen atoms in total. The van der Waals surface area contributed by atoms with Gasteiger partial charge in [0.15, 0.2) is 0 Å². The van der Waals surface area contributed by atoms with E-state index in [1.165, 1.54) is 6.07 Å². The third kappa shape index (κ3) is 5.16. The van der Waals surface area contributed by atoms with Gasteiger partial charge in [-0.3, -0.25) is 19.7 Å². The first kappa shape index (κ1) is 21.6. The van der Waals surface area contributed by atoms with E-state index in [0.717, 1.165) is 22.7 Å². The highest BCUT2D eigenvalue weighted by Crippen LogP contribution is 2.27. The summed E-state index contributed by atoms with van der Waals surface area (Å²) in [7, 11) is 0. The quantitative estimate of drug-likeness (QED) is 0.405. The first-order valence-corrected chi connectivity index (χ1v) is 10.8. The van der Waals surface area contributed by atoms with Crippen molar-refractivity contribution in [3.8, 4) is 5.75 Å². The molecular formula is C23H26N4O5. The Labute approximate surface area is 186 Å². The van der Waals surface area contributed by atoms with Crippen LogP contribution in [0.25, 0.3) is 0 Å². The highest BCUT2D eigenvalue weighted by Gasteiger charge is 2.22. The zero-order chi connectivity index (χ0) is 22.5. The van der Waals surface area contributed by atoms with Gasteiger partial charge in [0.1, 0.15) is 5.75 Å². The molecule has 2 aromatic carbocycles. The first-order valence-electron chi connectivity index (χ1n) is 10.8. The van der Waals surface area contributed by atoms with Gasteiger partial charge in [-0.2, -0.15) is 0 Å². The third-order valence-corrected chi connectivity index (χ3v) is 5.81. The molecule has 0 radical (unpaired) electrons. The number of anilines is 2. The molecule has 1 saturated heterocycles. The van der Waals surface area contributed by atoms with Gasteiger partial charge < -0.3 is 19.9 Å². The lowest BCUT2D eigenvalue weighted by Crippen LogP contribution is -2.48. The van der Waals surface area contributed by atoms with Crippen LogP contribution in [0.4, 0.5) is 17.1 Å². The zero-order valence-electron chi connectivity index (χ0n) is 17.8. The number of nitro benzene ring substituents is 1. The van der Waals surface area contributed by atoms with Crippen LogP contribution in [0.2, 0.25) is 0 Å². The molecule has 32 heavy (non-hydrogen) atoms. The standard InChI is InChI=1S/C23H26N4O5/c28-22-9-6-17-15-20(7-8-21(17)24-22)32-14-2-5-23(29)26-12-10-25(11-13-26)18-3-1-4-19(16-18)27(30)31/h1,3-4,7-8,15-16H,2,5-6,9-14H2,(H,24,28). The minimum absolute atomic E-state index is 0.0376. The van der Waals surface area contributed by atoms with Crippen molar-refractivity contribution < 1.29 is 19.2 Å². The van der Waals surface area contributed by atoms with Crippen LogP contribution in [-0.4, -0.2) is 54.4 Å². The third-order valence-electron chi connectivity index (χ3n) is 5.81. The topological polar surface area (TPSA) is 105 Å². The molecule has 168 valence electrons. The number of fused-ring (bicyclic) bond motifs is 1. The van der Waals surface area contributed by atoms with Crippen LogP contribution < -0.4 is 15.0 Å². The molecule has 0 spiro atoms. The Hall–Kier alpha value is -3.62. The number of hydrogen-bond acceptors (Lipinski definition) is 6. The lowest BCUT2D eigenvalue weighted by molar-refractivity contribution is -0.384. The number of piperazine rings is 1. The lowest BCUT2D eigenvalue weighted by atomic mass is 10.0. The Kier molecular flexibility index (Phi) is 6.53. The van der Waals surface area contributed by atoms with E-state index in [0.29, 0.717) is 58.5 Å². The molecule has 0 aromatic heterocycles. The summed E-state index contributed by atoms with van der Waals surface area (Å²) in [6.07, 6.45) is 2.23. The summed E-state index contributed by atoms with van der Waals surface area (Å²) in [5, 5.41) is 13.8. The Bertz CT molecular complexity index is 1020. The Morgan fingerprint density at radius 2 is 1.91 bits per heavy atom. The average molecular weight is 438 g/mol. The minimum Gasteiger partial charge on any atom is -0.494 e. The van der Waals surface area contributed by atoms with Crippen molar-refractivity contribution >= 4 is 28.9 Å². The molecule has 0 atom stereocenters. The Morgan fingerprint density at radius 1 is 1.09 bits per heavy atom. The molecule has 1 N–H and O–H groups in total. The number of non-ortho nitro benzene ring substituents is 1. The molecule has 0 saturated carbocycles. The van der Waals surface area contributed by atoms with Crippen molar-refractivity contribution in [2.24, 2.45) is 0 Å². The molecule has 2 amide bonds. The summed E-state index contributed by atoms with van der Waals surface area (Å²) in [5.74, 6) is 0.883. The molecule has 0 unspecified atom stereocenters. The number of nitro groups is 1. The van der Waals surface area contributed by atoms with Crippen LogP contribution in [-0.2, 0) is 16.0 Å². The molecule has 0 bridgehead atoms. The highest BCUT2D eigenvalue weighted by molar-refractivity contribution is 5.94. The Balaban J connectivity index is 1.19. The highest BCUT2D eigenvalue weighted by atomic mass is 16.6. The van der Waals surface area contributed by atoms with Gasteiger partial charge in [0.2, 0.25) is 11.8 Å². The van der Waals surface area contributed by atoms with Gasteiger partial charge in [-0.15, -0.1) is 0 Å². The fourth-order valence-corrected chi connectivity index (χ4v) is 4.04. The second-order valence-electron chi connectivity index (χ2n) is 7.96. The number of amides is 2. The van der Waals surface area contributed by atoms with E-state index in [1.54, 1.807) is 12.1 Å². The van der Waals surface area contributed by atoms with Crippen molar-refractivity contribution in [3.05, 3.63) is 58.1 Å². The van der Waals surface area contributed by atoms with Crippen molar-refractivity contribution in [1.29, 1.82) is 0 Å². The molecule has 2 heterocycles. The maximum absolute atomic E-state index is 12.5. The van der Waals surface area contributed by atoms with E-state index in [4.69, 9.17) is 4.74 Å². The van der Waals surface area contributed by atoms with Crippen LogP contribution in [0.1, 0.15) is 24.8 Å². The zero-order valence-corrected chi connectivity index (χ0v) is 17.8. The normalized spacial score (nSPS) is 15.7. The average Bonchev–Trinajstić information content (AvgIpc) is 2.82. The number of carbonyl (C=O) groups excluding carboxylic acids is 2. The van der Waals surface area contributed by atoms with Crippen molar-refractivity contribution in [2.75, 3.05) is 43.0 Å². The van der Waals surface area contributed by atoms with Crippen molar-refractivity contribution in [2.45, 2.75) is 25.7 Å². The lowest BCUT2D eigenvalue weighted by Gasteiger charge is -2.36. The molecule has 0 aliphatic carbocycles. The first-order chi connectivity index (χ1) is 15.5. The van der Waals surface area contributed by atoms with Crippen LogP contribution in [0.5, 0.6) is 5.75 Å². The monoisotopic (exact) mass is 438 g/mol. The van der Waals surface area contributed by atoms with E-state index in [2.05, 4.69) is 10.2 Å².